The van der Waals surface area contributed by atoms with Crippen molar-refractivity contribution in [2.75, 3.05) is 0 Å². The Morgan fingerprint density at radius 3 is 2.89 bits per heavy atom. The van der Waals surface area contributed by atoms with Crippen LogP contribution in [0.25, 0.3) is 0 Å². The molecule has 0 amide bonds. The summed E-state index contributed by atoms with van der Waals surface area (Å²) in [5.41, 5.74) is 0. The van der Waals surface area contributed by atoms with Crippen molar-refractivity contribution in [2.24, 2.45) is 5.92 Å². The van der Waals surface area contributed by atoms with Crippen molar-refractivity contribution in [2.45, 2.75) is 37.4 Å². The van der Waals surface area contributed by atoms with E-state index in [4.69, 9.17) is 0 Å². The summed E-state index contributed by atoms with van der Waals surface area (Å²) < 4.78 is 0. The fraction of sp³-hybridized carbons (Fsp3) is 0.875. The summed E-state index contributed by atoms with van der Waals surface area (Å²) in [5.74, 6) is 2.77. The highest BCUT2D eigenvalue weighted by Crippen LogP contribution is 2.47. The zero-order chi connectivity index (χ0) is 6.27. The minimum Gasteiger partial charge on any atom is -0.175 e. The van der Waals surface area contributed by atoms with Gasteiger partial charge in [0.15, 0.2) is 0 Å². The molecule has 0 bridgehead atoms. The maximum atomic E-state index is 4.53. The van der Waals surface area contributed by atoms with E-state index >= 15 is 0 Å². The molecule has 2 unspecified atom stereocenters. The van der Waals surface area contributed by atoms with Crippen LogP contribution in [0.5, 0.6) is 0 Å². The van der Waals surface area contributed by atoms with Crippen molar-refractivity contribution in [3.63, 3.8) is 0 Å². The molecule has 2 aliphatic carbocycles. The summed E-state index contributed by atoms with van der Waals surface area (Å²) in [6.07, 6.45) is 7.08. The summed E-state index contributed by atoms with van der Waals surface area (Å²) in [6.45, 7) is 0. The second-order valence-corrected chi connectivity index (χ2v) is 3.88. The van der Waals surface area contributed by atoms with Crippen LogP contribution in [0.1, 0.15) is 32.1 Å². The number of fused-ring (bicyclic) bond motifs is 1. The second-order valence-electron chi connectivity index (χ2n) is 3.26. The van der Waals surface area contributed by atoms with Crippen LogP contribution in [0, 0.1) is 11.8 Å². The number of rotatable bonds is 0. The highest BCUT2D eigenvalue weighted by Gasteiger charge is 2.37. The molecule has 0 heterocycles. The minimum atomic E-state index is 0.678. The molecule has 2 fully saturated rings. The lowest BCUT2D eigenvalue weighted by molar-refractivity contribution is 0.602. The van der Waals surface area contributed by atoms with E-state index in [1.807, 2.05) is 0 Å². The first-order valence-electron chi connectivity index (χ1n) is 3.91. The van der Waals surface area contributed by atoms with E-state index < -0.39 is 0 Å². The first-order valence-corrected chi connectivity index (χ1v) is 4.43. The predicted molar refractivity (Wildman–Crippen MR) is 42.6 cm³/mol. The predicted octanol–water partition coefficient (Wildman–Crippen LogP) is 2.45. The maximum Gasteiger partial charge on any atom is 0.00818 e. The lowest BCUT2D eigenvalue weighted by Crippen LogP contribution is -2.04. The van der Waals surface area contributed by atoms with Gasteiger partial charge in [0.25, 0.3) is 0 Å². The largest absolute Gasteiger partial charge is 0.175 e. The van der Waals surface area contributed by atoms with Crippen LogP contribution >= 0.6 is 12.6 Å². The molecule has 0 aromatic carbocycles. The molecule has 0 nitrogen and oxygen atoms in total. The third-order valence-corrected chi connectivity index (χ3v) is 3.35. The van der Waals surface area contributed by atoms with Crippen molar-refractivity contribution >= 4 is 12.6 Å². The van der Waals surface area contributed by atoms with Crippen LogP contribution in [0.15, 0.2) is 0 Å². The monoisotopic (exact) mass is 141 g/mol. The standard InChI is InChI=1S/C8H13S/c9-8-5-4-6-2-1-3-7(6)8/h6,8-9H,1-5H2. The zero-order valence-electron chi connectivity index (χ0n) is 5.64. The van der Waals surface area contributed by atoms with Gasteiger partial charge >= 0.3 is 0 Å². The van der Waals surface area contributed by atoms with Gasteiger partial charge in [0.1, 0.15) is 0 Å². The molecule has 2 aliphatic rings. The van der Waals surface area contributed by atoms with E-state index in [1.165, 1.54) is 32.1 Å². The Morgan fingerprint density at radius 1 is 1.22 bits per heavy atom. The summed E-state index contributed by atoms with van der Waals surface area (Å²) in [6, 6.07) is 0. The van der Waals surface area contributed by atoms with Crippen LogP contribution in [0.4, 0.5) is 0 Å². The highest BCUT2D eigenvalue weighted by atomic mass is 32.1. The molecule has 0 N–H and O–H groups in total. The second kappa shape index (κ2) is 2.19. The molecule has 1 radical (unpaired) electrons. The van der Waals surface area contributed by atoms with Crippen LogP contribution in [0.3, 0.4) is 0 Å². The molecule has 0 aromatic heterocycles. The van der Waals surface area contributed by atoms with E-state index in [0.717, 1.165) is 5.92 Å². The molecular formula is C8H13S. The Kier molecular flexibility index (Phi) is 1.48. The van der Waals surface area contributed by atoms with Crippen molar-refractivity contribution < 1.29 is 0 Å². The molecule has 1 heteroatoms. The molecule has 0 spiro atoms. The van der Waals surface area contributed by atoms with E-state index in [0.29, 0.717) is 5.25 Å². The molecule has 9 heavy (non-hydrogen) atoms. The maximum absolute atomic E-state index is 4.53. The van der Waals surface area contributed by atoms with Gasteiger partial charge in [-0.15, -0.1) is 0 Å². The van der Waals surface area contributed by atoms with Gasteiger partial charge in [-0.1, -0.05) is 6.42 Å². The smallest absolute Gasteiger partial charge is 0.00818 e. The van der Waals surface area contributed by atoms with Crippen LogP contribution in [-0.4, -0.2) is 5.25 Å². The Morgan fingerprint density at radius 2 is 2.11 bits per heavy atom. The van der Waals surface area contributed by atoms with Gasteiger partial charge in [-0.2, -0.15) is 12.6 Å². The quantitative estimate of drug-likeness (QED) is 0.492. The van der Waals surface area contributed by atoms with Crippen LogP contribution < -0.4 is 0 Å². The molecule has 51 valence electrons. The van der Waals surface area contributed by atoms with E-state index in [-0.39, 0.29) is 0 Å². The molecule has 2 saturated carbocycles. The Balaban J connectivity index is 2.07. The van der Waals surface area contributed by atoms with Gasteiger partial charge in [-0.05, 0) is 37.5 Å². The van der Waals surface area contributed by atoms with Gasteiger partial charge in [-0.3, -0.25) is 0 Å². The molecule has 2 atom stereocenters. The van der Waals surface area contributed by atoms with Gasteiger partial charge in [0, 0.05) is 5.25 Å². The topological polar surface area (TPSA) is 0 Å². The number of hydrogen-bond acceptors (Lipinski definition) is 1. The molecule has 2 rings (SSSR count). The molecular weight excluding hydrogens is 128 g/mol. The highest BCUT2D eigenvalue weighted by molar-refractivity contribution is 7.81. The Hall–Kier alpha value is 0.350. The normalized spacial score (nSPS) is 43.7. The van der Waals surface area contributed by atoms with Gasteiger partial charge in [0.05, 0.1) is 0 Å². The first-order chi connectivity index (χ1) is 4.38. The molecule has 0 aliphatic heterocycles. The van der Waals surface area contributed by atoms with Crippen molar-refractivity contribution in [1.29, 1.82) is 0 Å². The van der Waals surface area contributed by atoms with Crippen molar-refractivity contribution in [3.05, 3.63) is 5.92 Å². The van der Waals surface area contributed by atoms with Crippen LogP contribution in [0.2, 0.25) is 0 Å². The lowest BCUT2D eigenvalue weighted by atomic mass is 10.0. The summed E-state index contributed by atoms with van der Waals surface area (Å²) in [4.78, 5) is 0. The van der Waals surface area contributed by atoms with Crippen LogP contribution in [-0.2, 0) is 0 Å². The molecule has 0 aromatic rings. The zero-order valence-corrected chi connectivity index (χ0v) is 6.53. The van der Waals surface area contributed by atoms with Crippen molar-refractivity contribution in [1.82, 2.24) is 0 Å². The first kappa shape index (κ1) is 6.09. The fourth-order valence-corrected chi connectivity index (χ4v) is 2.74. The summed E-state index contributed by atoms with van der Waals surface area (Å²) >= 11 is 4.53. The SMILES string of the molecule is SC1CCC2CCC[C]12. The summed E-state index contributed by atoms with van der Waals surface area (Å²) in [5, 5.41) is 0.678. The Bertz CT molecular complexity index is 111. The third-order valence-electron chi connectivity index (χ3n) is 2.76. The lowest BCUT2D eigenvalue weighted by Gasteiger charge is -2.10. The third kappa shape index (κ3) is 0.899. The number of thiol groups is 1. The van der Waals surface area contributed by atoms with E-state index in [2.05, 4.69) is 12.6 Å². The average molecular weight is 141 g/mol. The summed E-state index contributed by atoms with van der Waals surface area (Å²) in [7, 11) is 0. The van der Waals surface area contributed by atoms with Gasteiger partial charge in [-0.25, -0.2) is 0 Å². The average Bonchev–Trinajstić information content (AvgIpc) is 2.35. The van der Waals surface area contributed by atoms with Crippen molar-refractivity contribution in [3.8, 4) is 0 Å². The molecule has 0 saturated heterocycles. The van der Waals surface area contributed by atoms with Gasteiger partial charge < -0.3 is 0 Å². The van der Waals surface area contributed by atoms with E-state index in [9.17, 15) is 0 Å². The Labute approximate surface area is 62.4 Å². The fourth-order valence-electron chi connectivity index (χ4n) is 2.25. The minimum absolute atomic E-state index is 0.678. The van der Waals surface area contributed by atoms with Gasteiger partial charge in [0.2, 0.25) is 0 Å². The number of hydrogen-bond donors (Lipinski definition) is 1. The van der Waals surface area contributed by atoms with E-state index in [1.54, 1.807) is 5.92 Å².